The van der Waals surface area contributed by atoms with Crippen molar-refractivity contribution in [3.05, 3.63) is 29.8 Å². The van der Waals surface area contributed by atoms with E-state index in [1.54, 1.807) is 20.8 Å². The molecule has 0 atom stereocenters. The molecule has 1 aliphatic rings. The zero-order valence-electron chi connectivity index (χ0n) is 17.7. The van der Waals surface area contributed by atoms with E-state index in [0.29, 0.717) is 25.4 Å². The molecule has 4 nitrogen and oxygen atoms in total. The molecule has 0 spiro atoms. The standard InChI is InChI=1S/C23H36O4S/c1-23(2,3)28(25,26)16-9-5-6-12-20(24)17-19-11-10-15-22(18-19)27-21-13-7-4-8-14-21/h10-11,15,18,21H,4-9,12-14,16-17H2,1-3H3. The van der Waals surface area contributed by atoms with E-state index < -0.39 is 14.6 Å². The normalized spacial score (nSPS) is 16.1. The summed E-state index contributed by atoms with van der Waals surface area (Å²) in [4.78, 5) is 12.3. The second kappa shape index (κ2) is 10.4. The van der Waals surface area contributed by atoms with Crippen molar-refractivity contribution in [3.63, 3.8) is 0 Å². The SMILES string of the molecule is CC(C)(C)S(=O)(=O)CCCCCC(=O)Cc1cccc(OC2CCCCC2)c1. The monoisotopic (exact) mass is 408 g/mol. The molecular weight excluding hydrogens is 372 g/mol. The predicted molar refractivity (Wildman–Crippen MR) is 115 cm³/mol. The van der Waals surface area contributed by atoms with E-state index in [-0.39, 0.29) is 11.5 Å². The molecule has 1 aromatic carbocycles. The largest absolute Gasteiger partial charge is 0.490 e. The molecule has 1 fully saturated rings. The lowest BCUT2D eigenvalue weighted by Crippen LogP contribution is -2.30. The molecule has 5 heteroatoms. The first-order chi connectivity index (χ1) is 13.2. The van der Waals surface area contributed by atoms with Gasteiger partial charge in [0.1, 0.15) is 11.5 Å². The summed E-state index contributed by atoms with van der Waals surface area (Å²) >= 11 is 0. The number of rotatable bonds is 10. The van der Waals surface area contributed by atoms with Gasteiger partial charge in [-0.05, 0) is 77.0 Å². The van der Waals surface area contributed by atoms with Crippen LogP contribution in [0.4, 0.5) is 0 Å². The Morgan fingerprint density at radius 3 is 2.46 bits per heavy atom. The second-order valence-electron chi connectivity index (χ2n) is 8.98. The fraction of sp³-hybridized carbons (Fsp3) is 0.696. The zero-order chi connectivity index (χ0) is 20.6. The lowest BCUT2D eigenvalue weighted by Gasteiger charge is -2.23. The number of hydrogen-bond donors (Lipinski definition) is 0. The van der Waals surface area contributed by atoms with Crippen LogP contribution in [-0.4, -0.2) is 30.8 Å². The van der Waals surface area contributed by atoms with Crippen molar-refractivity contribution in [2.75, 3.05) is 5.75 Å². The molecule has 28 heavy (non-hydrogen) atoms. The Morgan fingerprint density at radius 2 is 1.79 bits per heavy atom. The molecule has 0 heterocycles. The Balaban J connectivity index is 1.70. The smallest absolute Gasteiger partial charge is 0.155 e. The number of ether oxygens (including phenoxy) is 1. The Morgan fingerprint density at radius 1 is 1.07 bits per heavy atom. The van der Waals surface area contributed by atoms with Gasteiger partial charge in [-0.3, -0.25) is 4.79 Å². The van der Waals surface area contributed by atoms with Gasteiger partial charge in [-0.2, -0.15) is 0 Å². The van der Waals surface area contributed by atoms with Crippen LogP contribution in [-0.2, 0) is 21.1 Å². The molecule has 0 radical (unpaired) electrons. The lowest BCUT2D eigenvalue weighted by atomic mass is 9.98. The van der Waals surface area contributed by atoms with Gasteiger partial charge in [0.05, 0.1) is 16.6 Å². The first kappa shape index (κ1) is 22.9. The number of benzene rings is 1. The van der Waals surface area contributed by atoms with Gasteiger partial charge in [0, 0.05) is 12.8 Å². The van der Waals surface area contributed by atoms with E-state index in [9.17, 15) is 13.2 Å². The fourth-order valence-electron chi connectivity index (χ4n) is 3.52. The second-order valence-corrected chi connectivity index (χ2v) is 11.8. The minimum Gasteiger partial charge on any atom is -0.490 e. The van der Waals surface area contributed by atoms with Crippen molar-refractivity contribution >= 4 is 15.6 Å². The van der Waals surface area contributed by atoms with Gasteiger partial charge in [0.25, 0.3) is 0 Å². The molecule has 158 valence electrons. The molecule has 0 aliphatic heterocycles. The fourth-order valence-corrected chi connectivity index (χ4v) is 4.71. The highest BCUT2D eigenvalue weighted by Gasteiger charge is 2.27. The molecule has 0 aromatic heterocycles. The molecule has 2 rings (SSSR count). The van der Waals surface area contributed by atoms with E-state index in [1.807, 2.05) is 24.3 Å². The van der Waals surface area contributed by atoms with Crippen LogP contribution in [0.5, 0.6) is 5.75 Å². The number of sulfone groups is 1. The molecule has 1 aromatic rings. The number of carbonyl (C=O) groups excluding carboxylic acids is 1. The summed E-state index contributed by atoms with van der Waals surface area (Å²) in [5.41, 5.74) is 0.994. The van der Waals surface area contributed by atoms with Gasteiger partial charge in [-0.25, -0.2) is 8.42 Å². The summed E-state index contributed by atoms with van der Waals surface area (Å²) < 4.78 is 29.6. The Bertz CT molecular complexity index is 725. The van der Waals surface area contributed by atoms with Crippen molar-refractivity contribution in [2.45, 2.75) is 95.8 Å². The summed E-state index contributed by atoms with van der Waals surface area (Å²) in [6.07, 6.45) is 9.38. The summed E-state index contributed by atoms with van der Waals surface area (Å²) in [6.45, 7) is 5.20. The minimum atomic E-state index is -3.06. The van der Waals surface area contributed by atoms with Crippen molar-refractivity contribution in [1.29, 1.82) is 0 Å². The third kappa shape index (κ3) is 7.57. The first-order valence-corrected chi connectivity index (χ1v) is 12.3. The lowest BCUT2D eigenvalue weighted by molar-refractivity contribution is -0.118. The van der Waals surface area contributed by atoms with Gasteiger partial charge in [0.2, 0.25) is 0 Å². The summed E-state index contributed by atoms with van der Waals surface area (Å²) in [5.74, 6) is 1.27. The number of unbranched alkanes of at least 4 members (excludes halogenated alkanes) is 2. The molecule has 0 saturated heterocycles. The molecule has 0 unspecified atom stereocenters. The highest BCUT2D eigenvalue weighted by atomic mass is 32.2. The molecule has 0 N–H and O–H groups in total. The average Bonchev–Trinajstić information content (AvgIpc) is 2.61. The summed E-state index contributed by atoms with van der Waals surface area (Å²) in [7, 11) is -3.06. The zero-order valence-corrected chi connectivity index (χ0v) is 18.5. The van der Waals surface area contributed by atoms with Gasteiger partial charge >= 0.3 is 0 Å². The first-order valence-electron chi connectivity index (χ1n) is 10.7. The third-order valence-electron chi connectivity index (χ3n) is 5.46. The van der Waals surface area contributed by atoms with Crippen molar-refractivity contribution in [2.24, 2.45) is 0 Å². The summed E-state index contributed by atoms with van der Waals surface area (Å²) in [5, 5.41) is 0. The maximum atomic E-state index is 12.3. The number of ketones is 1. The topological polar surface area (TPSA) is 60.4 Å². The molecule has 1 aliphatic carbocycles. The van der Waals surface area contributed by atoms with E-state index in [4.69, 9.17) is 4.74 Å². The number of hydrogen-bond acceptors (Lipinski definition) is 4. The highest BCUT2D eigenvalue weighted by Crippen LogP contribution is 2.24. The van der Waals surface area contributed by atoms with Crippen LogP contribution in [0.25, 0.3) is 0 Å². The van der Waals surface area contributed by atoms with E-state index in [1.165, 1.54) is 19.3 Å². The van der Waals surface area contributed by atoms with Crippen LogP contribution < -0.4 is 4.74 Å². The van der Waals surface area contributed by atoms with E-state index >= 15 is 0 Å². The number of carbonyl (C=O) groups is 1. The van der Waals surface area contributed by atoms with Crippen molar-refractivity contribution in [3.8, 4) is 5.75 Å². The Kier molecular flexibility index (Phi) is 8.54. The van der Waals surface area contributed by atoms with E-state index in [0.717, 1.165) is 37.0 Å². The predicted octanol–water partition coefficient (Wildman–Crippen LogP) is 5.28. The van der Waals surface area contributed by atoms with Gasteiger partial charge in [-0.15, -0.1) is 0 Å². The Labute approximate surface area is 171 Å². The van der Waals surface area contributed by atoms with Crippen LogP contribution >= 0.6 is 0 Å². The Hall–Kier alpha value is -1.36. The maximum Gasteiger partial charge on any atom is 0.155 e. The quantitative estimate of drug-likeness (QED) is 0.494. The minimum absolute atomic E-state index is 0.200. The van der Waals surface area contributed by atoms with Crippen LogP contribution in [0.1, 0.15) is 84.1 Å². The molecule has 1 saturated carbocycles. The van der Waals surface area contributed by atoms with Gasteiger partial charge in [0.15, 0.2) is 9.84 Å². The van der Waals surface area contributed by atoms with Crippen molar-refractivity contribution in [1.82, 2.24) is 0 Å². The number of Topliss-reactive ketones (excluding diaryl/α,β-unsaturated/α-hetero) is 1. The van der Waals surface area contributed by atoms with Crippen LogP contribution in [0.3, 0.4) is 0 Å². The summed E-state index contributed by atoms with van der Waals surface area (Å²) in [6, 6.07) is 7.89. The van der Waals surface area contributed by atoms with E-state index in [2.05, 4.69) is 0 Å². The molecular formula is C23H36O4S. The van der Waals surface area contributed by atoms with Gasteiger partial charge in [-0.1, -0.05) is 25.0 Å². The molecule has 0 amide bonds. The maximum absolute atomic E-state index is 12.3. The van der Waals surface area contributed by atoms with Gasteiger partial charge < -0.3 is 4.74 Å². The van der Waals surface area contributed by atoms with Crippen molar-refractivity contribution < 1.29 is 17.9 Å². The molecule has 0 bridgehead atoms. The highest BCUT2D eigenvalue weighted by molar-refractivity contribution is 7.92. The van der Waals surface area contributed by atoms with Crippen LogP contribution in [0.2, 0.25) is 0 Å². The van der Waals surface area contributed by atoms with Crippen LogP contribution in [0.15, 0.2) is 24.3 Å². The third-order valence-corrected chi connectivity index (χ3v) is 8.15. The average molecular weight is 409 g/mol. The van der Waals surface area contributed by atoms with Crippen LogP contribution in [0, 0.1) is 0 Å².